The van der Waals surface area contributed by atoms with Gasteiger partial charge in [0.15, 0.2) is 0 Å². The maximum absolute atomic E-state index is 3.85. The lowest BCUT2D eigenvalue weighted by Crippen LogP contribution is -2.52. The third-order valence-electron chi connectivity index (χ3n) is 4.14. The number of likely N-dealkylation sites (tertiary alicyclic amines) is 1. The minimum atomic E-state index is 0.340. The minimum absolute atomic E-state index is 0.340. The maximum Gasteiger partial charge on any atom is 0.0125 e. The van der Waals surface area contributed by atoms with Gasteiger partial charge in [-0.2, -0.15) is 0 Å². The standard InChI is InChI=1S/C15H32N2/c1-7-14(12(2)3)16-13-8-10-17(11-9-13)15(4,5)6/h12-14,16H,7-11H2,1-6H3. The van der Waals surface area contributed by atoms with Crippen LogP contribution in [-0.4, -0.2) is 35.6 Å². The van der Waals surface area contributed by atoms with Gasteiger partial charge in [-0.25, -0.2) is 0 Å². The highest BCUT2D eigenvalue weighted by atomic mass is 15.2. The molecule has 102 valence electrons. The Morgan fingerprint density at radius 3 is 2.06 bits per heavy atom. The summed E-state index contributed by atoms with van der Waals surface area (Å²) in [6, 6.07) is 1.43. The van der Waals surface area contributed by atoms with E-state index in [1.807, 2.05) is 0 Å². The minimum Gasteiger partial charge on any atom is -0.311 e. The molecule has 0 saturated carbocycles. The smallest absolute Gasteiger partial charge is 0.0125 e. The lowest BCUT2D eigenvalue weighted by Gasteiger charge is -2.42. The van der Waals surface area contributed by atoms with Crippen molar-refractivity contribution in [2.75, 3.05) is 13.1 Å². The molecule has 1 heterocycles. The summed E-state index contributed by atoms with van der Waals surface area (Å²) < 4.78 is 0. The lowest BCUT2D eigenvalue weighted by atomic mass is 9.95. The van der Waals surface area contributed by atoms with Crippen molar-refractivity contribution in [2.45, 2.75) is 78.4 Å². The molecule has 1 unspecified atom stereocenters. The van der Waals surface area contributed by atoms with Crippen LogP contribution in [0, 0.1) is 5.92 Å². The number of piperidine rings is 1. The van der Waals surface area contributed by atoms with Gasteiger partial charge in [0, 0.05) is 30.7 Å². The molecule has 1 N–H and O–H groups in total. The van der Waals surface area contributed by atoms with E-state index in [-0.39, 0.29) is 0 Å². The molecule has 1 fully saturated rings. The van der Waals surface area contributed by atoms with E-state index in [0.29, 0.717) is 11.6 Å². The Hall–Kier alpha value is -0.0800. The highest BCUT2D eigenvalue weighted by Gasteiger charge is 2.27. The normalized spacial score (nSPS) is 22.1. The van der Waals surface area contributed by atoms with E-state index < -0.39 is 0 Å². The summed E-state index contributed by atoms with van der Waals surface area (Å²) in [7, 11) is 0. The number of nitrogens with one attached hydrogen (secondary N) is 1. The van der Waals surface area contributed by atoms with Crippen molar-refractivity contribution in [3.63, 3.8) is 0 Å². The molecule has 1 saturated heterocycles. The van der Waals surface area contributed by atoms with E-state index in [1.165, 1.54) is 32.4 Å². The molecule has 0 spiro atoms. The Labute approximate surface area is 108 Å². The fourth-order valence-electron chi connectivity index (χ4n) is 2.80. The predicted octanol–water partition coefficient (Wildman–Crippen LogP) is 3.27. The molecule has 0 aromatic rings. The Bertz CT molecular complexity index is 209. The first-order chi connectivity index (χ1) is 7.84. The molecule has 2 nitrogen and oxygen atoms in total. The van der Waals surface area contributed by atoms with E-state index in [2.05, 4.69) is 51.8 Å². The summed E-state index contributed by atoms with van der Waals surface area (Å²) in [6.07, 6.45) is 3.86. The van der Waals surface area contributed by atoms with Crippen molar-refractivity contribution in [2.24, 2.45) is 5.92 Å². The quantitative estimate of drug-likeness (QED) is 0.811. The second-order valence-corrected chi connectivity index (χ2v) is 6.86. The van der Waals surface area contributed by atoms with Crippen LogP contribution in [0.15, 0.2) is 0 Å². The Morgan fingerprint density at radius 1 is 1.18 bits per heavy atom. The lowest BCUT2D eigenvalue weighted by molar-refractivity contribution is 0.0917. The van der Waals surface area contributed by atoms with Crippen molar-refractivity contribution in [1.29, 1.82) is 0 Å². The van der Waals surface area contributed by atoms with Crippen molar-refractivity contribution in [3.05, 3.63) is 0 Å². The van der Waals surface area contributed by atoms with Crippen molar-refractivity contribution in [1.82, 2.24) is 10.2 Å². The summed E-state index contributed by atoms with van der Waals surface area (Å²) in [6.45, 7) is 16.4. The topological polar surface area (TPSA) is 15.3 Å². The van der Waals surface area contributed by atoms with Gasteiger partial charge in [0.1, 0.15) is 0 Å². The van der Waals surface area contributed by atoms with Crippen molar-refractivity contribution >= 4 is 0 Å². The maximum atomic E-state index is 3.85. The van der Waals surface area contributed by atoms with Crippen LogP contribution in [0.3, 0.4) is 0 Å². The third kappa shape index (κ3) is 4.59. The molecule has 1 atom stereocenters. The zero-order valence-electron chi connectivity index (χ0n) is 12.7. The average molecular weight is 240 g/mol. The Morgan fingerprint density at radius 2 is 1.71 bits per heavy atom. The zero-order valence-corrected chi connectivity index (χ0v) is 12.7. The Balaban J connectivity index is 2.37. The summed E-state index contributed by atoms with van der Waals surface area (Å²) in [4.78, 5) is 2.61. The van der Waals surface area contributed by atoms with E-state index in [9.17, 15) is 0 Å². The van der Waals surface area contributed by atoms with Gasteiger partial charge in [0.05, 0.1) is 0 Å². The van der Waals surface area contributed by atoms with Gasteiger partial charge in [-0.3, -0.25) is 4.90 Å². The second kappa shape index (κ2) is 6.19. The summed E-state index contributed by atoms with van der Waals surface area (Å²) in [5.41, 5.74) is 0.340. The fourth-order valence-corrected chi connectivity index (χ4v) is 2.80. The molecular formula is C15H32N2. The van der Waals surface area contributed by atoms with Gasteiger partial charge >= 0.3 is 0 Å². The average Bonchev–Trinajstić information content (AvgIpc) is 2.25. The van der Waals surface area contributed by atoms with E-state index in [1.54, 1.807) is 0 Å². The highest BCUT2D eigenvalue weighted by Crippen LogP contribution is 2.21. The first-order valence-corrected chi connectivity index (χ1v) is 7.35. The zero-order chi connectivity index (χ0) is 13.1. The molecule has 1 aliphatic heterocycles. The third-order valence-corrected chi connectivity index (χ3v) is 4.14. The highest BCUT2D eigenvalue weighted by molar-refractivity contribution is 4.86. The largest absolute Gasteiger partial charge is 0.311 e. The summed E-state index contributed by atoms with van der Waals surface area (Å²) in [5.74, 6) is 0.751. The molecule has 0 aliphatic carbocycles. The number of hydrogen-bond acceptors (Lipinski definition) is 2. The Kier molecular flexibility index (Phi) is 5.46. The van der Waals surface area contributed by atoms with Gasteiger partial charge < -0.3 is 5.32 Å². The summed E-state index contributed by atoms with van der Waals surface area (Å²) >= 11 is 0. The molecule has 0 bridgehead atoms. The number of hydrogen-bond donors (Lipinski definition) is 1. The van der Waals surface area contributed by atoms with Gasteiger partial charge in [0.25, 0.3) is 0 Å². The molecule has 1 rings (SSSR count). The van der Waals surface area contributed by atoms with Crippen LogP contribution in [0.5, 0.6) is 0 Å². The van der Waals surface area contributed by atoms with Gasteiger partial charge in [0.2, 0.25) is 0 Å². The van der Waals surface area contributed by atoms with Crippen LogP contribution in [0.1, 0.15) is 60.8 Å². The predicted molar refractivity (Wildman–Crippen MR) is 76.4 cm³/mol. The van der Waals surface area contributed by atoms with E-state index >= 15 is 0 Å². The van der Waals surface area contributed by atoms with Crippen LogP contribution in [0.25, 0.3) is 0 Å². The van der Waals surface area contributed by atoms with E-state index in [4.69, 9.17) is 0 Å². The van der Waals surface area contributed by atoms with Crippen molar-refractivity contribution < 1.29 is 0 Å². The fraction of sp³-hybridized carbons (Fsp3) is 1.00. The molecule has 1 aliphatic rings. The van der Waals surface area contributed by atoms with Crippen LogP contribution < -0.4 is 5.32 Å². The first kappa shape index (κ1) is 15.0. The van der Waals surface area contributed by atoms with Crippen LogP contribution >= 0.6 is 0 Å². The number of rotatable bonds is 4. The molecule has 0 amide bonds. The van der Waals surface area contributed by atoms with Crippen LogP contribution in [-0.2, 0) is 0 Å². The second-order valence-electron chi connectivity index (χ2n) is 6.86. The molecule has 0 aromatic heterocycles. The first-order valence-electron chi connectivity index (χ1n) is 7.35. The molecule has 2 heteroatoms. The van der Waals surface area contributed by atoms with Gasteiger partial charge in [-0.1, -0.05) is 20.8 Å². The summed E-state index contributed by atoms with van der Waals surface area (Å²) in [5, 5.41) is 3.85. The molecule has 0 aromatic carbocycles. The van der Waals surface area contributed by atoms with Crippen LogP contribution in [0.4, 0.5) is 0 Å². The van der Waals surface area contributed by atoms with Crippen molar-refractivity contribution in [3.8, 4) is 0 Å². The SMILES string of the molecule is CCC(NC1CCN(C(C)(C)C)CC1)C(C)C. The number of nitrogens with zero attached hydrogens (tertiary/aromatic N) is 1. The molecular weight excluding hydrogens is 208 g/mol. The van der Waals surface area contributed by atoms with Gasteiger partial charge in [-0.05, 0) is 46.0 Å². The molecule has 0 radical (unpaired) electrons. The van der Waals surface area contributed by atoms with E-state index in [0.717, 1.165) is 12.0 Å². The van der Waals surface area contributed by atoms with Gasteiger partial charge in [-0.15, -0.1) is 0 Å². The van der Waals surface area contributed by atoms with Crippen LogP contribution in [0.2, 0.25) is 0 Å². The monoisotopic (exact) mass is 240 g/mol. The molecule has 17 heavy (non-hydrogen) atoms.